The number of halogens is 3. The summed E-state index contributed by atoms with van der Waals surface area (Å²) in [7, 11) is 0. The normalized spacial score (nSPS) is 11.0. The molecule has 8 heteroatoms. The Kier molecular flexibility index (Phi) is 5.48. The molecule has 1 rings (SSSR count). The Morgan fingerprint density at radius 3 is 2.45 bits per heavy atom. The zero-order valence-corrected chi connectivity index (χ0v) is 10.8. The maximum Gasteiger partial charge on any atom is 0.433 e. The number of alkyl halides is 3. The molecule has 0 unspecified atom stereocenters. The molecule has 1 heterocycles. The molecule has 0 bridgehead atoms. The summed E-state index contributed by atoms with van der Waals surface area (Å²) in [6, 6.07) is 1.72. The SMILES string of the molecule is CCCNC(=O)CNC(=O)c1ccc(C(F)(F)F)nc1. The van der Waals surface area contributed by atoms with Gasteiger partial charge in [0.15, 0.2) is 0 Å². The van der Waals surface area contributed by atoms with E-state index in [1.165, 1.54) is 0 Å². The van der Waals surface area contributed by atoms with Crippen molar-refractivity contribution >= 4 is 11.8 Å². The van der Waals surface area contributed by atoms with E-state index in [0.717, 1.165) is 18.7 Å². The van der Waals surface area contributed by atoms with Crippen LogP contribution < -0.4 is 10.6 Å². The first kappa shape index (κ1) is 15.9. The molecule has 0 saturated carbocycles. The molecule has 0 aromatic carbocycles. The second-order valence-corrected chi connectivity index (χ2v) is 3.96. The minimum Gasteiger partial charge on any atom is -0.355 e. The summed E-state index contributed by atoms with van der Waals surface area (Å²) in [5, 5.41) is 4.84. The molecular weight excluding hydrogens is 275 g/mol. The number of rotatable bonds is 5. The fourth-order valence-electron chi connectivity index (χ4n) is 1.29. The number of nitrogens with zero attached hydrogens (tertiary/aromatic N) is 1. The third-order valence-corrected chi connectivity index (χ3v) is 2.30. The predicted molar refractivity (Wildman–Crippen MR) is 64.9 cm³/mol. The standard InChI is InChI=1S/C12H14F3N3O2/c1-2-5-16-10(19)7-18-11(20)8-3-4-9(17-6-8)12(13,14)15/h3-4,6H,2,5,7H2,1H3,(H,16,19)(H,18,20). The molecule has 0 atom stereocenters. The van der Waals surface area contributed by atoms with Gasteiger partial charge in [0.25, 0.3) is 5.91 Å². The summed E-state index contributed by atoms with van der Waals surface area (Å²) in [6.07, 6.45) is -2.96. The van der Waals surface area contributed by atoms with Crippen LogP contribution in [-0.4, -0.2) is 29.9 Å². The summed E-state index contributed by atoms with van der Waals surface area (Å²) in [4.78, 5) is 26.0. The van der Waals surface area contributed by atoms with Crippen molar-refractivity contribution < 1.29 is 22.8 Å². The first-order chi connectivity index (χ1) is 9.34. The van der Waals surface area contributed by atoms with Crippen molar-refractivity contribution in [2.45, 2.75) is 19.5 Å². The lowest BCUT2D eigenvalue weighted by Gasteiger charge is -2.07. The molecule has 20 heavy (non-hydrogen) atoms. The molecule has 2 amide bonds. The molecule has 0 aliphatic carbocycles. The van der Waals surface area contributed by atoms with Gasteiger partial charge in [-0.05, 0) is 18.6 Å². The van der Waals surface area contributed by atoms with Gasteiger partial charge in [0.05, 0.1) is 12.1 Å². The molecule has 0 radical (unpaired) electrons. The van der Waals surface area contributed by atoms with E-state index >= 15 is 0 Å². The van der Waals surface area contributed by atoms with Crippen LogP contribution in [0.1, 0.15) is 29.4 Å². The van der Waals surface area contributed by atoms with Gasteiger partial charge in [0.1, 0.15) is 5.69 Å². The smallest absolute Gasteiger partial charge is 0.355 e. The Balaban J connectivity index is 2.54. The van der Waals surface area contributed by atoms with E-state index < -0.39 is 17.8 Å². The summed E-state index contributed by atoms with van der Waals surface area (Å²) in [5.41, 5.74) is -1.11. The van der Waals surface area contributed by atoms with Crippen LogP contribution in [0.25, 0.3) is 0 Å². The number of hydrogen-bond acceptors (Lipinski definition) is 3. The molecule has 0 spiro atoms. The number of aromatic nitrogens is 1. The Morgan fingerprint density at radius 1 is 1.25 bits per heavy atom. The average molecular weight is 289 g/mol. The first-order valence-corrected chi connectivity index (χ1v) is 5.92. The molecule has 0 fully saturated rings. The number of amides is 2. The van der Waals surface area contributed by atoms with Gasteiger partial charge in [-0.3, -0.25) is 14.6 Å². The van der Waals surface area contributed by atoms with E-state index in [9.17, 15) is 22.8 Å². The molecule has 1 aromatic rings. The highest BCUT2D eigenvalue weighted by Crippen LogP contribution is 2.27. The largest absolute Gasteiger partial charge is 0.433 e. The molecule has 1 aromatic heterocycles. The summed E-state index contributed by atoms with van der Waals surface area (Å²) < 4.78 is 36.8. The Bertz CT molecular complexity index is 472. The second kappa shape index (κ2) is 6.88. The molecule has 110 valence electrons. The van der Waals surface area contributed by atoms with E-state index in [0.29, 0.717) is 12.6 Å². The average Bonchev–Trinajstić information content (AvgIpc) is 2.41. The summed E-state index contributed by atoms with van der Waals surface area (Å²) in [5.74, 6) is -1.02. The van der Waals surface area contributed by atoms with Crippen LogP contribution in [0.3, 0.4) is 0 Å². The maximum absolute atomic E-state index is 12.3. The lowest BCUT2D eigenvalue weighted by atomic mass is 10.2. The highest BCUT2D eigenvalue weighted by atomic mass is 19.4. The molecule has 0 aliphatic rings. The fourth-order valence-corrected chi connectivity index (χ4v) is 1.29. The van der Waals surface area contributed by atoms with Gasteiger partial charge in [-0.15, -0.1) is 0 Å². The minimum atomic E-state index is -4.55. The van der Waals surface area contributed by atoms with Gasteiger partial charge < -0.3 is 10.6 Å². The van der Waals surface area contributed by atoms with Gasteiger partial charge in [-0.2, -0.15) is 13.2 Å². The number of hydrogen-bond donors (Lipinski definition) is 2. The highest BCUT2D eigenvalue weighted by Gasteiger charge is 2.32. The molecular formula is C12H14F3N3O2. The van der Waals surface area contributed by atoms with E-state index in [1.807, 2.05) is 6.92 Å². The van der Waals surface area contributed by atoms with E-state index in [-0.39, 0.29) is 18.0 Å². The fraction of sp³-hybridized carbons (Fsp3) is 0.417. The molecule has 0 saturated heterocycles. The zero-order chi connectivity index (χ0) is 15.2. The van der Waals surface area contributed by atoms with E-state index in [1.54, 1.807) is 0 Å². The monoisotopic (exact) mass is 289 g/mol. The van der Waals surface area contributed by atoms with Crippen LogP contribution in [0.4, 0.5) is 13.2 Å². The van der Waals surface area contributed by atoms with Crippen LogP contribution in [0.15, 0.2) is 18.3 Å². The van der Waals surface area contributed by atoms with Crippen molar-refractivity contribution in [2.24, 2.45) is 0 Å². The van der Waals surface area contributed by atoms with Crippen molar-refractivity contribution in [1.29, 1.82) is 0 Å². The quantitative estimate of drug-likeness (QED) is 0.859. The van der Waals surface area contributed by atoms with Crippen LogP contribution in [0, 0.1) is 0 Å². The van der Waals surface area contributed by atoms with Crippen LogP contribution in [0.5, 0.6) is 0 Å². The third-order valence-electron chi connectivity index (χ3n) is 2.30. The number of pyridine rings is 1. The van der Waals surface area contributed by atoms with Gasteiger partial charge in [0.2, 0.25) is 5.91 Å². The molecule has 5 nitrogen and oxygen atoms in total. The van der Waals surface area contributed by atoms with Crippen molar-refractivity contribution in [3.05, 3.63) is 29.6 Å². The number of carbonyl (C=O) groups excluding carboxylic acids is 2. The van der Waals surface area contributed by atoms with Crippen molar-refractivity contribution in [2.75, 3.05) is 13.1 Å². The van der Waals surface area contributed by atoms with Crippen molar-refractivity contribution in [3.63, 3.8) is 0 Å². The minimum absolute atomic E-state index is 0.0405. The van der Waals surface area contributed by atoms with Crippen LogP contribution >= 0.6 is 0 Å². The Hall–Kier alpha value is -2.12. The number of nitrogens with one attached hydrogen (secondary N) is 2. The van der Waals surface area contributed by atoms with Crippen LogP contribution in [-0.2, 0) is 11.0 Å². The highest BCUT2D eigenvalue weighted by molar-refractivity contribution is 5.96. The van der Waals surface area contributed by atoms with Crippen molar-refractivity contribution in [3.8, 4) is 0 Å². The molecule has 2 N–H and O–H groups in total. The summed E-state index contributed by atoms with van der Waals surface area (Å²) >= 11 is 0. The van der Waals surface area contributed by atoms with Gasteiger partial charge in [-0.25, -0.2) is 0 Å². The van der Waals surface area contributed by atoms with Gasteiger partial charge in [0, 0.05) is 12.7 Å². The Morgan fingerprint density at radius 2 is 1.95 bits per heavy atom. The first-order valence-electron chi connectivity index (χ1n) is 5.92. The van der Waals surface area contributed by atoms with E-state index in [2.05, 4.69) is 15.6 Å². The lowest BCUT2D eigenvalue weighted by molar-refractivity contribution is -0.141. The zero-order valence-electron chi connectivity index (χ0n) is 10.8. The third kappa shape index (κ3) is 4.87. The second-order valence-electron chi connectivity index (χ2n) is 3.96. The van der Waals surface area contributed by atoms with Gasteiger partial charge in [-0.1, -0.05) is 6.92 Å². The van der Waals surface area contributed by atoms with Crippen LogP contribution in [0.2, 0.25) is 0 Å². The van der Waals surface area contributed by atoms with Crippen molar-refractivity contribution in [1.82, 2.24) is 15.6 Å². The van der Waals surface area contributed by atoms with E-state index in [4.69, 9.17) is 0 Å². The Labute approximate surface area is 113 Å². The maximum atomic E-state index is 12.3. The topological polar surface area (TPSA) is 71.1 Å². The lowest BCUT2D eigenvalue weighted by Crippen LogP contribution is -2.37. The molecule has 0 aliphatic heterocycles. The number of carbonyl (C=O) groups is 2. The van der Waals surface area contributed by atoms with Gasteiger partial charge >= 0.3 is 6.18 Å². The summed E-state index contributed by atoms with van der Waals surface area (Å²) in [6.45, 7) is 2.14. The predicted octanol–water partition coefficient (Wildman–Crippen LogP) is 1.36.